The summed E-state index contributed by atoms with van der Waals surface area (Å²) in [5.74, 6) is 2.48. The van der Waals surface area contributed by atoms with Crippen LogP contribution in [0.5, 0.6) is 5.75 Å². The largest absolute Gasteiger partial charge is 0.494 e. The second kappa shape index (κ2) is 12.7. The zero-order chi connectivity index (χ0) is 27.7. The second-order valence-corrected chi connectivity index (χ2v) is 7.79. The first-order chi connectivity index (χ1) is 18.2. The highest BCUT2D eigenvalue weighted by molar-refractivity contribution is 5.96. The molecule has 12 heteroatoms. The van der Waals surface area contributed by atoms with Crippen molar-refractivity contribution in [1.82, 2.24) is 20.2 Å². The van der Waals surface area contributed by atoms with Gasteiger partial charge in [0.2, 0.25) is 0 Å². The third kappa shape index (κ3) is 7.41. The molecule has 196 valence electrons. The van der Waals surface area contributed by atoms with Crippen LogP contribution in [0.4, 0.5) is 4.39 Å². The fraction of sp³-hybridized carbons (Fsp3) is 0.192. The van der Waals surface area contributed by atoms with Crippen LogP contribution in [0.1, 0.15) is 27.0 Å². The molecule has 0 bridgehead atoms. The lowest BCUT2D eigenvalue weighted by Crippen LogP contribution is -2.31. The predicted molar refractivity (Wildman–Crippen MR) is 133 cm³/mol. The zero-order valence-corrected chi connectivity index (χ0v) is 20.4. The molecule has 1 aromatic heterocycles. The molecule has 0 unspecified atom stereocenters. The van der Waals surface area contributed by atoms with Gasteiger partial charge in [-0.3, -0.25) is 28.7 Å². The molecule has 0 aliphatic heterocycles. The Hall–Kier alpha value is -5.18. The third-order valence-electron chi connectivity index (χ3n) is 5.18. The maximum absolute atomic E-state index is 13.5. The highest BCUT2D eigenvalue weighted by Gasteiger charge is 2.09. The second-order valence-electron chi connectivity index (χ2n) is 7.79. The highest BCUT2D eigenvalue weighted by Crippen LogP contribution is 2.17. The molecule has 38 heavy (non-hydrogen) atoms. The van der Waals surface area contributed by atoms with Gasteiger partial charge in [-0.25, -0.2) is 9.18 Å². The Labute approximate surface area is 215 Å². The molecule has 0 atom stereocenters. The van der Waals surface area contributed by atoms with Crippen molar-refractivity contribution in [2.45, 2.75) is 13.1 Å². The summed E-state index contributed by atoms with van der Waals surface area (Å²) in [7, 11) is 2.54. The molecule has 3 rings (SSSR count). The summed E-state index contributed by atoms with van der Waals surface area (Å²) in [6.45, 7) is -0.170. The van der Waals surface area contributed by atoms with Crippen LogP contribution >= 0.6 is 0 Å². The summed E-state index contributed by atoms with van der Waals surface area (Å²) in [6.07, 6.45) is 1.23. The van der Waals surface area contributed by atoms with Gasteiger partial charge in [0.25, 0.3) is 17.4 Å². The molecule has 0 saturated carbocycles. The van der Waals surface area contributed by atoms with Crippen molar-refractivity contribution in [1.29, 1.82) is 0 Å². The lowest BCUT2D eigenvalue weighted by atomic mass is 10.1. The molecule has 11 nitrogen and oxygen atoms in total. The maximum Gasteiger partial charge on any atom is 0.328 e. The molecule has 0 spiro atoms. The molecular weight excluding hydrogens is 499 g/mol. The normalized spacial score (nSPS) is 10.1. The monoisotopic (exact) mass is 522 g/mol. The minimum Gasteiger partial charge on any atom is -0.494 e. The Morgan fingerprint density at radius 1 is 1.03 bits per heavy atom. The average molecular weight is 522 g/mol. The smallest absolute Gasteiger partial charge is 0.328 e. The van der Waals surface area contributed by atoms with Crippen LogP contribution in [-0.2, 0) is 27.4 Å². The summed E-state index contributed by atoms with van der Waals surface area (Å²) in [5, 5.41) is 4.94. The van der Waals surface area contributed by atoms with Crippen molar-refractivity contribution in [2.75, 3.05) is 20.8 Å². The zero-order valence-electron chi connectivity index (χ0n) is 20.4. The molecule has 1 heterocycles. The van der Waals surface area contributed by atoms with E-state index in [0.29, 0.717) is 16.7 Å². The minimum atomic E-state index is -0.757. The van der Waals surface area contributed by atoms with Crippen LogP contribution in [0.2, 0.25) is 0 Å². The first-order valence-electron chi connectivity index (χ1n) is 11.1. The molecular formula is C26H23FN4O7. The van der Waals surface area contributed by atoms with Crippen molar-refractivity contribution in [3.05, 3.63) is 97.6 Å². The standard InChI is InChI=1S/C26H23FN4O7/c1-37-21-11-17(5-9-20(21)27)12-28-22(32)10-8-19-15-31(26(36)30-25(19)35)14-16-3-6-18(7-4-16)24(34)29-13-23(33)38-2/h3-7,9,11,15H,12-14H2,1-2H3,(H,28,32)(H,29,34)(H,30,35,36). The number of nitrogens with one attached hydrogen (secondary N) is 3. The van der Waals surface area contributed by atoms with E-state index in [4.69, 9.17) is 4.74 Å². The molecule has 2 amide bonds. The Morgan fingerprint density at radius 3 is 2.42 bits per heavy atom. The van der Waals surface area contributed by atoms with Gasteiger partial charge in [-0.1, -0.05) is 18.2 Å². The lowest BCUT2D eigenvalue weighted by molar-refractivity contribution is -0.139. The lowest BCUT2D eigenvalue weighted by Gasteiger charge is -2.08. The summed E-state index contributed by atoms with van der Waals surface area (Å²) < 4.78 is 24.1. The van der Waals surface area contributed by atoms with Crippen molar-refractivity contribution in [2.24, 2.45) is 0 Å². The summed E-state index contributed by atoms with van der Waals surface area (Å²) in [4.78, 5) is 61.9. The van der Waals surface area contributed by atoms with Gasteiger partial charge in [0.05, 0.1) is 20.8 Å². The van der Waals surface area contributed by atoms with E-state index < -0.39 is 34.8 Å². The van der Waals surface area contributed by atoms with Crippen molar-refractivity contribution in [3.8, 4) is 17.6 Å². The number of hydrogen-bond acceptors (Lipinski definition) is 7. The quantitative estimate of drug-likeness (QED) is 0.285. The van der Waals surface area contributed by atoms with E-state index in [-0.39, 0.29) is 30.9 Å². The van der Waals surface area contributed by atoms with Gasteiger partial charge in [-0.15, -0.1) is 0 Å². The number of halogens is 1. The average Bonchev–Trinajstić information content (AvgIpc) is 2.92. The van der Waals surface area contributed by atoms with Gasteiger partial charge >= 0.3 is 11.7 Å². The summed E-state index contributed by atoms with van der Waals surface area (Å²) >= 11 is 0. The van der Waals surface area contributed by atoms with Crippen LogP contribution in [0, 0.1) is 17.7 Å². The van der Waals surface area contributed by atoms with Crippen LogP contribution in [0.25, 0.3) is 0 Å². The number of hydrogen-bond donors (Lipinski definition) is 3. The SMILES string of the molecule is COC(=O)CNC(=O)c1ccc(Cn2cc(C#CC(=O)NCc3ccc(F)c(OC)c3)c(=O)[nH]c2=O)cc1. The number of aromatic amines is 1. The topological polar surface area (TPSA) is 149 Å². The van der Waals surface area contributed by atoms with Crippen LogP contribution in [0.15, 0.2) is 58.3 Å². The van der Waals surface area contributed by atoms with Gasteiger partial charge < -0.3 is 20.1 Å². The van der Waals surface area contributed by atoms with E-state index in [2.05, 4.69) is 32.2 Å². The van der Waals surface area contributed by atoms with Crippen molar-refractivity contribution in [3.63, 3.8) is 0 Å². The Morgan fingerprint density at radius 2 is 1.74 bits per heavy atom. The number of H-pyrrole nitrogens is 1. The summed E-state index contributed by atoms with van der Waals surface area (Å²) in [5.41, 5.74) is -0.0421. The molecule has 0 fully saturated rings. The number of amides is 2. The number of ether oxygens (including phenoxy) is 2. The number of aromatic nitrogens is 2. The molecule has 0 saturated heterocycles. The highest BCUT2D eigenvalue weighted by atomic mass is 19.1. The van der Waals surface area contributed by atoms with E-state index >= 15 is 0 Å². The van der Waals surface area contributed by atoms with Gasteiger partial charge in [0.15, 0.2) is 11.6 Å². The van der Waals surface area contributed by atoms with Gasteiger partial charge in [-0.05, 0) is 41.3 Å². The molecule has 3 aromatic rings. The van der Waals surface area contributed by atoms with E-state index in [1.165, 1.54) is 55.3 Å². The summed E-state index contributed by atoms with van der Waals surface area (Å²) in [6, 6.07) is 10.4. The number of carbonyl (C=O) groups excluding carboxylic acids is 3. The third-order valence-corrected chi connectivity index (χ3v) is 5.18. The van der Waals surface area contributed by atoms with Crippen LogP contribution < -0.4 is 26.6 Å². The van der Waals surface area contributed by atoms with Crippen molar-refractivity contribution >= 4 is 17.8 Å². The maximum atomic E-state index is 13.5. The van der Waals surface area contributed by atoms with Crippen LogP contribution in [0.3, 0.4) is 0 Å². The molecule has 2 aromatic carbocycles. The Bertz CT molecular complexity index is 1530. The number of benzene rings is 2. The fourth-order valence-electron chi connectivity index (χ4n) is 3.17. The van der Waals surface area contributed by atoms with E-state index in [1.807, 2.05) is 0 Å². The number of carbonyl (C=O) groups is 3. The van der Waals surface area contributed by atoms with Gasteiger partial charge in [0, 0.05) is 24.2 Å². The van der Waals surface area contributed by atoms with Gasteiger partial charge in [-0.2, -0.15) is 0 Å². The van der Waals surface area contributed by atoms with E-state index in [0.717, 1.165) is 0 Å². The van der Waals surface area contributed by atoms with Gasteiger partial charge in [0.1, 0.15) is 12.1 Å². The minimum absolute atomic E-state index is 0.0353. The first-order valence-corrected chi connectivity index (χ1v) is 11.1. The Balaban J connectivity index is 1.67. The first kappa shape index (κ1) is 27.4. The Kier molecular flexibility index (Phi) is 9.15. The predicted octanol–water partition coefficient (Wildman–Crippen LogP) is 0.303. The number of esters is 1. The number of methoxy groups -OCH3 is 2. The molecule has 0 aliphatic carbocycles. The number of nitrogens with zero attached hydrogens (tertiary/aromatic N) is 1. The molecule has 3 N–H and O–H groups in total. The molecule has 0 aliphatic rings. The number of rotatable bonds is 8. The van der Waals surface area contributed by atoms with E-state index in [9.17, 15) is 28.4 Å². The van der Waals surface area contributed by atoms with Crippen molar-refractivity contribution < 1.29 is 28.2 Å². The van der Waals surface area contributed by atoms with Crippen LogP contribution in [-0.4, -0.2) is 48.1 Å². The van der Waals surface area contributed by atoms with E-state index in [1.54, 1.807) is 12.1 Å². The molecule has 0 radical (unpaired) electrons. The fourth-order valence-corrected chi connectivity index (χ4v) is 3.17.